The minimum atomic E-state index is -0.917. The van der Waals surface area contributed by atoms with Crippen LogP contribution in [0.5, 0.6) is 0 Å². The average Bonchev–Trinajstić information content (AvgIpc) is 3.09. The van der Waals surface area contributed by atoms with Crippen molar-refractivity contribution in [1.29, 1.82) is 0 Å². The third-order valence-corrected chi connectivity index (χ3v) is 4.59. The lowest BCUT2D eigenvalue weighted by Crippen LogP contribution is -2.30. The molecule has 1 aliphatic heterocycles. The number of nitrogens with zero attached hydrogens (tertiary/aromatic N) is 3. The first-order chi connectivity index (χ1) is 12.0. The number of amides is 1. The second kappa shape index (κ2) is 8.14. The van der Waals surface area contributed by atoms with Crippen LogP contribution in [-0.4, -0.2) is 45.6 Å². The van der Waals surface area contributed by atoms with E-state index in [4.69, 9.17) is 23.2 Å². The summed E-state index contributed by atoms with van der Waals surface area (Å²) in [5.74, 6) is -0.382. The zero-order chi connectivity index (χ0) is 17.8. The molecule has 3 rings (SSSR count). The minimum Gasteiger partial charge on any atom is -0.387 e. The summed E-state index contributed by atoms with van der Waals surface area (Å²) in [6.07, 6.45) is 2.64. The molecule has 7 nitrogen and oxygen atoms in total. The molecule has 0 spiro atoms. The maximum absolute atomic E-state index is 12.2. The molecule has 1 aromatic carbocycles. The number of aliphatic hydroxyl groups excluding tert-OH is 1. The Balaban J connectivity index is 1.58. The molecule has 1 amide bonds. The first-order valence-electron chi connectivity index (χ1n) is 8.08. The molecule has 0 aliphatic carbocycles. The van der Waals surface area contributed by atoms with Crippen molar-refractivity contribution in [2.45, 2.75) is 25.0 Å². The van der Waals surface area contributed by atoms with Gasteiger partial charge in [0.25, 0.3) is 5.91 Å². The molecule has 1 atom stereocenters. The molecule has 25 heavy (non-hydrogen) atoms. The highest BCUT2D eigenvalue weighted by Gasteiger charge is 2.19. The summed E-state index contributed by atoms with van der Waals surface area (Å²) in [5, 5.41) is 25.0. The molecule has 134 valence electrons. The molecular formula is C16H19Cl2N5O2. The lowest BCUT2D eigenvalue weighted by atomic mass is 10.1. The van der Waals surface area contributed by atoms with Crippen LogP contribution in [0.25, 0.3) is 0 Å². The van der Waals surface area contributed by atoms with Crippen LogP contribution in [0.3, 0.4) is 0 Å². The summed E-state index contributed by atoms with van der Waals surface area (Å²) in [4.78, 5) is 12.2. The molecular weight excluding hydrogens is 365 g/mol. The van der Waals surface area contributed by atoms with Crippen LogP contribution in [0, 0.1) is 0 Å². The number of hydrogen-bond donors (Lipinski definition) is 3. The van der Waals surface area contributed by atoms with Gasteiger partial charge in [-0.15, -0.1) is 5.10 Å². The number of carbonyl (C=O) groups is 1. The predicted molar refractivity (Wildman–Crippen MR) is 94.9 cm³/mol. The van der Waals surface area contributed by atoms with E-state index in [0.717, 1.165) is 25.9 Å². The smallest absolute Gasteiger partial charge is 0.273 e. The van der Waals surface area contributed by atoms with E-state index in [-0.39, 0.29) is 24.2 Å². The molecule has 1 fully saturated rings. The van der Waals surface area contributed by atoms with Crippen molar-refractivity contribution in [3.05, 3.63) is 45.7 Å². The molecule has 1 saturated heterocycles. The van der Waals surface area contributed by atoms with Crippen LogP contribution in [0.15, 0.2) is 24.4 Å². The van der Waals surface area contributed by atoms with Gasteiger partial charge in [0.05, 0.1) is 18.3 Å². The van der Waals surface area contributed by atoms with Crippen LogP contribution < -0.4 is 10.6 Å². The number of benzene rings is 1. The number of nitrogens with one attached hydrogen (secondary N) is 2. The van der Waals surface area contributed by atoms with Crippen molar-refractivity contribution in [2.75, 3.05) is 19.6 Å². The van der Waals surface area contributed by atoms with Gasteiger partial charge in [-0.2, -0.15) is 0 Å². The summed E-state index contributed by atoms with van der Waals surface area (Å²) < 4.78 is 1.74. The number of halogens is 2. The minimum absolute atomic E-state index is 0.0235. The van der Waals surface area contributed by atoms with Gasteiger partial charge in [0, 0.05) is 16.6 Å². The van der Waals surface area contributed by atoms with Crippen molar-refractivity contribution >= 4 is 29.1 Å². The van der Waals surface area contributed by atoms with E-state index >= 15 is 0 Å². The summed E-state index contributed by atoms with van der Waals surface area (Å²) in [5.41, 5.74) is 0.769. The lowest BCUT2D eigenvalue weighted by Gasteiger charge is -2.22. The zero-order valence-corrected chi connectivity index (χ0v) is 15.0. The highest BCUT2D eigenvalue weighted by molar-refractivity contribution is 6.34. The van der Waals surface area contributed by atoms with Gasteiger partial charge in [0.15, 0.2) is 5.69 Å². The maximum Gasteiger partial charge on any atom is 0.273 e. The number of hydrogen-bond acceptors (Lipinski definition) is 5. The van der Waals surface area contributed by atoms with E-state index in [2.05, 4.69) is 20.9 Å². The Kier molecular flexibility index (Phi) is 5.90. The Hall–Kier alpha value is -1.67. The fourth-order valence-corrected chi connectivity index (χ4v) is 3.34. The Morgan fingerprint density at radius 1 is 1.32 bits per heavy atom. The monoisotopic (exact) mass is 383 g/mol. The van der Waals surface area contributed by atoms with E-state index in [1.165, 1.54) is 0 Å². The number of carbonyl (C=O) groups excluding carboxylic acids is 1. The van der Waals surface area contributed by atoms with Crippen LogP contribution in [-0.2, 0) is 0 Å². The van der Waals surface area contributed by atoms with Crippen molar-refractivity contribution in [3.63, 3.8) is 0 Å². The normalized spacial score (nSPS) is 16.6. The average molecular weight is 384 g/mol. The highest BCUT2D eigenvalue weighted by atomic mass is 35.5. The first-order valence-corrected chi connectivity index (χ1v) is 8.83. The van der Waals surface area contributed by atoms with Crippen molar-refractivity contribution < 1.29 is 9.90 Å². The van der Waals surface area contributed by atoms with Gasteiger partial charge in [0.2, 0.25) is 0 Å². The summed E-state index contributed by atoms with van der Waals surface area (Å²) in [6, 6.07) is 5.06. The lowest BCUT2D eigenvalue weighted by molar-refractivity contribution is 0.0911. The van der Waals surface area contributed by atoms with E-state index < -0.39 is 6.10 Å². The molecule has 3 N–H and O–H groups in total. The van der Waals surface area contributed by atoms with Crippen molar-refractivity contribution in [1.82, 2.24) is 25.6 Å². The quantitative estimate of drug-likeness (QED) is 0.733. The fourth-order valence-electron chi connectivity index (χ4n) is 2.80. The zero-order valence-electron chi connectivity index (χ0n) is 13.5. The fraction of sp³-hybridized carbons (Fsp3) is 0.438. The van der Waals surface area contributed by atoms with Crippen LogP contribution >= 0.6 is 23.2 Å². The van der Waals surface area contributed by atoms with E-state index in [0.29, 0.717) is 15.6 Å². The molecule has 9 heteroatoms. The molecule has 2 heterocycles. The summed E-state index contributed by atoms with van der Waals surface area (Å²) in [7, 11) is 0. The van der Waals surface area contributed by atoms with Gasteiger partial charge in [-0.1, -0.05) is 28.4 Å². The Morgan fingerprint density at radius 3 is 2.68 bits per heavy atom. The van der Waals surface area contributed by atoms with Gasteiger partial charge in [0.1, 0.15) is 0 Å². The van der Waals surface area contributed by atoms with Crippen LogP contribution in [0.4, 0.5) is 0 Å². The predicted octanol–water partition coefficient (Wildman–Crippen LogP) is 1.97. The van der Waals surface area contributed by atoms with E-state index in [1.54, 1.807) is 29.1 Å². The Labute approximate surface area is 155 Å². The first kappa shape index (κ1) is 18.1. The number of piperidine rings is 1. The molecule has 0 bridgehead atoms. The third-order valence-electron chi connectivity index (χ3n) is 4.15. The number of aromatic nitrogens is 3. The standard InChI is InChI=1S/C16H19Cl2N5O2/c17-11-5-10(6-12(18)7-11)15(24)8-20-16(25)14-9-23(22-21-14)13-1-3-19-4-2-13/h5-7,9,13,15,19,24H,1-4,8H2,(H,20,25)/t15-/m0/s1. The van der Waals surface area contributed by atoms with Gasteiger partial charge in [-0.3, -0.25) is 4.79 Å². The second-order valence-corrected chi connectivity index (χ2v) is 6.87. The second-order valence-electron chi connectivity index (χ2n) is 5.99. The van der Waals surface area contributed by atoms with Crippen molar-refractivity contribution in [3.8, 4) is 0 Å². The topological polar surface area (TPSA) is 92.1 Å². The van der Waals surface area contributed by atoms with E-state index in [1.807, 2.05) is 0 Å². The largest absolute Gasteiger partial charge is 0.387 e. The maximum atomic E-state index is 12.2. The molecule has 2 aromatic rings. The number of aliphatic hydroxyl groups is 1. The Bertz CT molecular complexity index is 726. The third kappa shape index (κ3) is 4.70. The van der Waals surface area contributed by atoms with Gasteiger partial charge < -0.3 is 15.7 Å². The molecule has 0 saturated carbocycles. The Morgan fingerprint density at radius 2 is 2.00 bits per heavy atom. The molecule has 1 aliphatic rings. The molecule has 0 unspecified atom stereocenters. The molecule has 0 radical (unpaired) electrons. The highest BCUT2D eigenvalue weighted by Crippen LogP contribution is 2.23. The van der Waals surface area contributed by atoms with Crippen LogP contribution in [0.2, 0.25) is 10.0 Å². The van der Waals surface area contributed by atoms with Crippen molar-refractivity contribution in [2.24, 2.45) is 0 Å². The summed E-state index contributed by atoms with van der Waals surface area (Å²) >= 11 is 11.8. The molecule has 1 aromatic heterocycles. The number of rotatable bonds is 5. The SMILES string of the molecule is O=C(NC[C@H](O)c1cc(Cl)cc(Cl)c1)c1cn(C2CCNCC2)nn1. The van der Waals surface area contributed by atoms with Crippen LogP contribution in [0.1, 0.15) is 41.0 Å². The van der Waals surface area contributed by atoms with Gasteiger partial charge in [-0.25, -0.2) is 4.68 Å². The van der Waals surface area contributed by atoms with Gasteiger partial charge >= 0.3 is 0 Å². The van der Waals surface area contributed by atoms with Gasteiger partial charge in [-0.05, 0) is 49.7 Å². The van der Waals surface area contributed by atoms with E-state index in [9.17, 15) is 9.90 Å². The summed E-state index contributed by atoms with van der Waals surface area (Å²) in [6.45, 7) is 1.89.